The summed E-state index contributed by atoms with van der Waals surface area (Å²) in [5, 5.41) is 13.5. The Hall–Kier alpha value is -2.10. The van der Waals surface area contributed by atoms with Gasteiger partial charge in [0.25, 0.3) is 0 Å². The van der Waals surface area contributed by atoms with E-state index in [0.29, 0.717) is 28.3 Å². The van der Waals surface area contributed by atoms with Crippen LogP contribution in [-0.2, 0) is 0 Å². The highest BCUT2D eigenvalue weighted by Crippen LogP contribution is 2.63. The van der Waals surface area contributed by atoms with E-state index in [1.165, 1.54) is 0 Å². The summed E-state index contributed by atoms with van der Waals surface area (Å²) < 4.78 is 0. The van der Waals surface area contributed by atoms with Gasteiger partial charge in [-0.3, -0.25) is 0 Å². The first-order valence-electron chi connectivity index (χ1n) is 7.15. The number of benzene rings is 1. The van der Waals surface area contributed by atoms with E-state index in [1.54, 1.807) is 12.1 Å². The number of carboxylic acid groups (broad SMARTS) is 1. The van der Waals surface area contributed by atoms with Crippen LogP contribution in [0.25, 0.3) is 10.9 Å². The van der Waals surface area contributed by atoms with Gasteiger partial charge in [0, 0.05) is 11.4 Å². The normalized spacial score (nSPS) is 19.4. The van der Waals surface area contributed by atoms with E-state index < -0.39 is 5.97 Å². The number of pyridine rings is 1. The van der Waals surface area contributed by atoms with Crippen molar-refractivity contribution in [2.75, 3.05) is 5.32 Å². The fourth-order valence-electron chi connectivity index (χ4n) is 3.13. The van der Waals surface area contributed by atoms with Crippen molar-refractivity contribution in [3.05, 3.63) is 35.9 Å². The van der Waals surface area contributed by atoms with Crippen molar-refractivity contribution in [3.8, 4) is 0 Å². The maximum Gasteiger partial charge on any atom is 0.336 e. The maximum atomic E-state index is 11.5. The summed E-state index contributed by atoms with van der Waals surface area (Å²) in [7, 11) is 0. The van der Waals surface area contributed by atoms with Crippen LogP contribution in [-0.4, -0.2) is 22.1 Å². The standard InChI is InChI=1S/C17H20N2O2/c1-16(2)15(17(16,3)4)19-13-9-11(14(20)21)10-7-5-6-8-12(10)18-13/h5-9,15H,1-4H3,(H,18,19)(H,20,21). The number of fused-ring (bicyclic) bond motifs is 1. The summed E-state index contributed by atoms with van der Waals surface area (Å²) in [5.41, 5.74) is 1.34. The number of para-hydroxylation sites is 1. The summed E-state index contributed by atoms with van der Waals surface area (Å²) in [4.78, 5) is 16.0. The summed E-state index contributed by atoms with van der Waals surface area (Å²) in [5.74, 6) is -0.291. The lowest BCUT2D eigenvalue weighted by atomic mass is 10.0. The molecule has 0 unspecified atom stereocenters. The fraction of sp³-hybridized carbons (Fsp3) is 0.412. The third-order valence-electron chi connectivity index (χ3n) is 5.26. The van der Waals surface area contributed by atoms with E-state index >= 15 is 0 Å². The lowest BCUT2D eigenvalue weighted by molar-refractivity contribution is 0.0699. The van der Waals surface area contributed by atoms with Crippen molar-refractivity contribution in [1.82, 2.24) is 4.98 Å². The van der Waals surface area contributed by atoms with Gasteiger partial charge in [-0.25, -0.2) is 9.78 Å². The molecule has 1 aliphatic rings. The lowest BCUT2D eigenvalue weighted by Crippen LogP contribution is -2.12. The van der Waals surface area contributed by atoms with Crippen LogP contribution in [0.4, 0.5) is 5.82 Å². The fourth-order valence-corrected chi connectivity index (χ4v) is 3.13. The van der Waals surface area contributed by atoms with Gasteiger partial charge in [-0.1, -0.05) is 45.9 Å². The smallest absolute Gasteiger partial charge is 0.336 e. The Morgan fingerprint density at radius 3 is 2.38 bits per heavy atom. The van der Waals surface area contributed by atoms with Gasteiger partial charge >= 0.3 is 5.97 Å². The number of aromatic nitrogens is 1. The van der Waals surface area contributed by atoms with Crippen LogP contribution in [0.1, 0.15) is 38.1 Å². The van der Waals surface area contributed by atoms with Crippen molar-refractivity contribution in [2.24, 2.45) is 10.8 Å². The van der Waals surface area contributed by atoms with Gasteiger partial charge in [-0.05, 0) is 23.0 Å². The minimum atomic E-state index is -0.925. The van der Waals surface area contributed by atoms with Gasteiger partial charge in [0.2, 0.25) is 0 Å². The van der Waals surface area contributed by atoms with E-state index in [0.717, 1.165) is 0 Å². The second-order valence-corrected chi connectivity index (χ2v) is 6.90. The molecule has 0 bridgehead atoms. The van der Waals surface area contributed by atoms with E-state index in [2.05, 4.69) is 38.0 Å². The molecular weight excluding hydrogens is 264 g/mol. The Labute approximate surface area is 124 Å². The number of hydrogen-bond donors (Lipinski definition) is 2. The largest absolute Gasteiger partial charge is 0.478 e. The minimum absolute atomic E-state index is 0.170. The predicted octanol–water partition coefficient (Wildman–Crippen LogP) is 3.78. The SMILES string of the molecule is CC1(C)C(Nc2cc(C(=O)O)c3ccccc3n2)C1(C)C. The maximum absolute atomic E-state index is 11.5. The van der Waals surface area contributed by atoms with Crippen molar-refractivity contribution in [2.45, 2.75) is 33.7 Å². The van der Waals surface area contributed by atoms with Crippen LogP contribution in [0, 0.1) is 10.8 Å². The minimum Gasteiger partial charge on any atom is -0.478 e. The molecule has 2 N–H and O–H groups in total. The molecule has 1 fully saturated rings. The van der Waals surface area contributed by atoms with E-state index in [4.69, 9.17) is 0 Å². The second-order valence-electron chi connectivity index (χ2n) is 6.90. The van der Waals surface area contributed by atoms with Gasteiger partial charge in [0.1, 0.15) is 5.82 Å². The summed E-state index contributed by atoms with van der Waals surface area (Å²) >= 11 is 0. The lowest BCUT2D eigenvalue weighted by Gasteiger charge is -2.10. The van der Waals surface area contributed by atoms with Gasteiger partial charge in [-0.15, -0.1) is 0 Å². The first kappa shape index (κ1) is 13.9. The third kappa shape index (κ3) is 1.97. The molecule has 3 rings (SSSR count). The Morgan fingerprint density at radius 2 is 1.81 bits per heavy atom. The van der Waals surface area contributed by atoms with E-state index in [-0.39, 0.29) is 10.8 Å². The molecule has 0 saturated heterocycles. The Kier molecular flexibility index (Phi) is 2.77. The zero-order valence-electron chi connectivity index (χ0n) is 12.8. The highest BCUT2D eigenvalue weighted by atomic mass is 16.4. The molecule has 0 atom stereocenters. The number of hydrogen-bond acceptors (Lipinski definition) is 3. The monoisotopic (exact) mass is 284 g/mol. The molecule has 110 valence electrons. The van der Waals surface area contributed by atoms with E-state index in [1.807, 2.05) is 18.2 Å². The second kappa shape index (κ2) is 4.20. The van der Waals surface area contributed by atoms with Gasteiger partial charge in [-0.2, -0.15) is 0 Å². The predicted molar refractivity (Wildman–Crippen MR) is 83.7 cm³/mol. The quantitative estimate of drug-likeness (QED) is 0.900. The molecule has 1 aliphatic carbocycles. The third-order valence-corrected chi connectivity index (χ3v) is 5.26. The molecule has 0 radical (unpaired) electrons. The topological polar surface area (TPSA) is 62.2 Å². The number of nitrogens with zero attached hydrogens (tertiary/aromatic N) is 1. The molecule has 21 heavy (non-hydrogen) atoms. The van der Waals surface area contributed by atoms with Crippen molar-refractivity contribution < 1.29 is 9.90 Å². The molecule has 1 aromatic carbocycles. The van der Waals surface area contributed by atoms with Gasteiger partial charge in [0.05, 0.1) is 11.1 Å². The number of rotatable bonds is 3. The summed E-state index contributed by atoms with van der Waals surface area (Å²) in [6, 6.07) is 9.26. The Morgan fingerprint density at radius 1 is 1.19 bits per heavy atom. The van der Waals surface area contributed by atoms with Crippen LogP contribution in [0.2, 0.25) is 0 Å². The van der Waals surface area contributed by atoms with Crippen LogP contribution < -0.4 is 5.32 Å². The van der Waals surface area contributed by atoms with Crippen LogP contribution in [0.5, 0.6) is 0 Å². The number of aromatic carboxylic acids is 1. The van der Waals surface area contributed by atoms with Crippen LogP contribution >= 0.6 is 0 Å². The molecule has 1 aromatic heterocycles. The number of nitrogens with one attached hydrogen (secondary N) is 1. The van der Waals surface area contributed by atoms with E-state index in [9.17, 15) is 9.90 Å². The molecule has 1 saturated carbocycles. The van der Waals surface area contributed by atoms with Gasteiger partial charge in [0.15, 0.2) is 0 Å². The first-order valence-corrected chi connectivity index (χ1v) is 7.15. The highest BCUT2D eigenvalue weighted by molar-refractivity contribution is 6.03. The average molecular weight is 284 g/mol. The van der Waals surface area contributed by atoms with Gasteiger partial charge < -0.3 is 10.4 Å². The number of anilines is 1. The van der Waals surface area contributed by atoms with Crippen molar-refractivity contribution in [1.29, 1.82) is 0 Å². The summed E-state index contributed by atoms with van der Waals surface area (Å²) in [6.45, 7) is 8.85. The van der Waals surface area contributed by atoms with Crippen LogP contribution in [0.15, 0.2) is 30.3 Å². The molecule has 4 heteroatoms. The number of carboxylic acids is 1. The Bertz CT molecular complexity index is 721. The number of carbonyl (C=O) groups is 1. The van der Waals surface area contributed by atoms with Crippen molar-refractivity contribution in [3.63, 3.8) is 0 Å². The van der Waals surface area contributed by atoms with Crippen molar-refractivity contribution >= 4 is 22.7 Å². The molecule has 0 aliphatic heterocycles. The molecule has 0 amide bonds. The molecule has 0 spiro atoms. The average Bonchev–Trinajstić information content (AvgIpc) is 2.80. The van der Waals surface area contributed by atoms with Crippen LogP contribution in [0.3, 0.4) is 0 Å². The highest BCUT2D eigenvalue weighted by Gasteiger charge is 2.65. The molecule has 4 nitrogen and oxygen atoms in total. The molecule has 1 heterocycles. The zero-order chi connectivity index (χ0) is 15.4. The summed E-state index contributed by atoms with van der Waals surface area (Å²) in [6.07, 6.45) is 0. The first-order chi connectivity index (χ1) is 9.75. The zero-order valence-corrected chi connectivity index (χ0v) is 12.8. The Balaban J connectivity index is 2.03. The molecule has 2 aromatic rings. The molecular formula is C17H20N2O2.